The molecule has 5 nitrogen and oxygen atoms in total. The maximum Gasteiger partial charge on any atom is 0.335 e. The van der Waals surface area contributed by atoms with Crippen LogP contribution in [-0.2, 0) is 11.2 Å². The Bertz CT molecular complexity index is 1530. The monoisotopic (exact) mass is 551 g/mol. The normalized spacial score (nSPS) is 18.6. The number of aromatic carboxylic acids is 1. The number of hydrogen-bond donors (Lipinski definition) is 3. The van der Waals surface area contributed by atoms with E-state index in [0.717, 1.165) is 35.2 Å². The predicted molar refractivity (Wildman–Crippen MR) is 165 cm³/mol. The lowest BCUT2D eigenvalue weighted by molar-refractivity contribution is -0.0268. The highest BCUT2D eigenvalue weighted by Crippen LogP contribution is 2.37. The number of nitrogens with one attached hydrogen (secondary N) is 1. The number of benzene rings is 4. The minimum absolute atomic E-state index is 0.0427. The quantitative estimate of drug-likeness (QED) is 0.184. The van der Waals surface area contributed by atoms with Gasteiger partial charge < -0.3 is 20.3 Å². The fourth-order valence-electron chi connectivity index (χ4n) is 6.42. The molecule has 2 unspecified atom stereocenters. The van der Waals surface area contributed by atoms with Gasteiger partial charge in [0, 0.05) is 6.04 Å². The number of carbonyl (C=O) groups is 1. The number of aryl methyl sites for hydroxylation is 1. The smallest absolute Gasteiger partial charge is 0.335 e. The van der Waals surface area contributed by atoms with Crippen molar-refractivity contribution in [1.82, 2.24) is 5.32 Å². The van der Waals surface area contributed by atoms with Gasteiger partial charge >= 0.3 is 5.97 Å². The lowest BCUT2D eigenvalue weighted by atomic mass is 9.68. The first-order valence-electron chi connectivity index (χ1n) is 14.6. The Hall–Kier alpha value is -3.51. The second-order valence-electron chi connectivity index (χ2n) is 12.3. The molecule has 1 aliphatic rings. The molecule has 1 fully saturated rings. The summed E-state index contributed by atoms with van der Waals surface area (Å²) in [4.78, 5) is 11.7. The van der Waals surface area contributed by atoms with Crippen LogP contribution in [0.25, 0.3) is 21.9 Å². The average Bonchev–Trinajstić information content (AvgIpc) is 2.93. The van der Waals surface area contributed by atoms with Crippen LogP contribution in [0.15, 0.2) is 84.9 Å². The average molecular weight is 552 g/mol. The van der Waals surface area contributed by atoms with Gasteiger partial charge in [-0.1, -0.05) is 92.7 Å². The minimum Gasteiger partial charge on any atom is -0.478 e. The summed E-state index contributed by atoms with van der Waals surface area (Å²) in [5.41, 5.74) is 5.17. The van der Waals surface area contributed by atoms with Crippen molar-refractivity contribution >= 4 is 16.7 Å². The number of rotatable bonds is 11. The number of carboxylic acids is 1. The summed E-state index contributed by atoms with van der Waals surface area (Å²) < 4.78 is 6.19. The van der Waals surface area contributed by atoms with Crippen LogP contribution in [0.2, 0.25) is 0 Å². The molecule has 0 amide bonds. The van der Waals surface area contributed by atoms with E-state index in [1.807, 2.05) is 43.3 Å². The molecule has 0 aliphatic carbocycles. The molecule has 0 bridgehead atoms. The summed E-state index contributed by atoms with van der Waals surface area (Å²) in [5.74, 6) is -0.549. The molecule has 41 heavy (non-hydrogen) atoms. The van der Waals surface area contributed by atoms with Crippen LogP contribution >= 0.6 is 0 Å². The molecular formula is C36H41NO4. The molecular weight excluding hydrogens is 510 g/mol. The van der Waals surface area contributed by atoms with Crippen LogP contribution < -0.4 is 5.32 Å². The third-order valence-electron chi connectivity index (χ3n) is 8.68. The fourth-order valence-corrected chi connectivity index (χ4v) is 6.42. The second-order valence-corrected chi connectivity index (χ2v) is 12.3. The first-order valence-corrected chi connectivity index (χ1v) is 14.6. The van der Waals surface area contributed by atoms with E-state index in [4.69, 9.17) is 4.74 Å². The number of hydrogen-bond acceptors (Lipinski definition) is 4. The van der Waals surface area contributed by atoms with Gasteiger partial charge in [0.15, 0.2) is 0 Å². The Morgan fingerprint density at radius 1 is 1.00 bits per heavy atom. The third kappa shape index (κ3) is 6.54. The van der Waals surface area contributed by atoms with Crippen LogP contribution in [0.3, 0.4) is 0 Å². The molecule has 1 saturated heterocycles. The van der Waals surface area contributed by atoms with E-state index in [9.17, 15) is 15.0 Å². The molecule has 3 N–H and O–H groups in total. The zero-order valence-electron chi connectivity index (χ0n) is 24.4. The van der Waals surface area contributed by atoms with E-state index in [2.05, 4.69) is 61.6 Å². The first kappa shape index (κ1) is 29.0. The third-order valence-corrected chi connectivity index (χ3v) is 8.68. The van der Waals surface area contributed by atoms with Crippen molar-refractivity contribution in [3.63, 3.8) is 0 Å². The van der Waals surface area contributed by atoms with Gasteiger partial charge in [-0.15, -0.1) is 0 Å². The van der Waals surface area contributed by atoms with Gasteiger partial charge in [-0.25, -0.2) is 4.79 Å². The highest BCUT2D eigenvalue weighted by Gasteiger charge is 2.42. The molecule has 5 heteroatoms. The molecule has 4 atom stereocenters. The zero-order valence-corrected chi connectivity index (χ0v) is 24.4. The number of aliphatic hydroxyl groups is 1. The van der Waals surface area contributed by atoms with Gasteiger partial charge in [-0.2, -0.15) is 0 Å². The second kappa shape index (κ2) is 12.2. The zero-order chi connectivity index (χ0) is 29.1. The van der Waals surface area contributed by atoms with E-state index in [1.165, 1.54) is 16.3 Å². The Morgan fingerprint density at radius 3 is 2.46 bits per heavy atom. The van der Waals surface area contributed by atoms with Gasteiger partial charge in [-0.3, -0.25) is 0 Å². The van der Waals surface area contributed by atoms with Gasteiger partial charge in [0.2, 0.25) is 0 Å². The van der Waals surface area contributed by atoms with Gasteiger partial charge in [0.05, 0.1) is 24.4 Å². The Kier molecular flexibility index (Phi) is 8.60. The fraction of sp³-hybridized carbons (Fsp3) is 0.361. The van der Waals surface area contributed by atoms with Crippen LogP contribution in [0.5, 0.6) is 0 Å². The molecule has 1 aliphatic heterocycles. The summed E-state index contributed by atoms with van der Waals surface area (Å²) in [6.07, 6.45) is 0.839. The van der Waals surface area contributed by atoms with Crippen molar-refractivity contribution in [2.24, 2.45) is 11.3 Å². The van der Waals surface area contributed by atoms with Crippen molar-refractivity contribution in [2.75, 3.05) is 13.2 Å². The standard InChI is InChI=1S/C36H41NO4/c1-23-13-15-28(19-33(23)35(39)40)32-12-8-7-11-31(32)24(2)41-22-30(38)18-29-21-37-34(29)36(3,4)20-25-14-16-26-9-5-6-10-27(26)17-25/h5-17,19,24,29-30,34,37-38H,18,20-22H2,1-4H3,(H,39,40)/t24-,29?,30-,34?/m1/s1. The Balaban J connectivity index is 1.19. The Morgan fingerprint density at radius 2 is 1.73 bits per heavy atom. The van der Waals surface area contributed by atoms with Crippen molar-refractivity contribution in [1.29, 1.82) is 0 Å². The number of carboxylic acid groups (broad SMARTS) is 1. The summed E-state index contributed by atoms with van der Waals surface area (Å²) in [7, 11) is 0. The van der Waals surface area contributed by atoms with E-state index < -0.39 is 12.1 Å². The highest BCUT2D eigenvalue weighted by atomic mass is 16.5. The molecule has 0 aromatic heterocycles. The van der Waals surface area contributed by atoms with Gasteiger partial charge in [0.1, 0.15) is 0 Å². The number of ether oxygens (including phenoxy) is 1. The number of aliphatic hydroxyl groups excluding tert-OH is 1. The maximum absolute atomic E-state index is 11.7. The summed E-state index contributed by atoms with van der Waals surface area (Å²) >= 11 is 0. The van der Waals surface area contributed by atoms with Crippen LogP contribution in [0.1, 0.15) is 60.3 Å². The molecule has 4 aromatic carbocycles. The van der Waals surface area contributed by atoms with Crippen molar-refractivity contribution in [3.8, 4) is 11.1 Å². The molecule has 0 saturated carbocycles. The lowest BCUT2D eigenvalue weighted by Crippen LogP contribution is -2.61. The van der Waals surface area contributed by atoms with Gasteiger partial charge in [0.25, 0.3) is 0 Å². The molecule has 1 heterocycles. The SMILES string of the molecule is Cc1ccc(-c2ccccc2[C@@H](C)OC[C@H](O)CC2CNC2C(C)(C)Cc2ccc3ccccc3c2)cc1C(=O)O. The van der Waals surface area contributed by atoms with E-state index >= 15 is 0 Å². The predicted octanol–water partition coefficient (Wildman–Crippen LogP) is 7.20. The molecule has 5 rings (SSSR count). The largest absolute Gasteiger partial charge is 0.478 e. The van der Waals surface area contributed by atoms with E-state index in [0.29, 0.717) is 23.9 Å². The van der Waals surface area contributed by atoms with E-state index in [1.54, 1.807) is 13.0 Å². The van der Waals surface area contributed by atoms with E-state index in [-0.39, 0.29) is 18.1 Å². The van der Waals surface area contributed by atoms with Crippen LogP contribution in [0, 0.1) is 18.3 Å². The molecule has 214 valence electrons. The van der Waals surface area contributed by atoms with Crippen LogP contribution in [-0.4, -0.2) is 41.5 Å². The topological polar surface area (TPSA) is 78.8 Å². The van der Waals surface area contributed by atoms with Crippen molar-refractivity contribution in [2.45, 2.75) is 58.8 Å². The van der Waals surface area contributed by atoms with Gasteiger partial charge in [-0.05, 0) is 89.2 Å². The molecule has 0 radical (unpaired) electrons. The minimum atomic E-state index is -0.932. The highest BCUT2D eigenvalue weighted by molar-refractivity contribution is 5.91. The Labute approximate surface area is 243 Å². The number of fused-ring (bicyclic) bond motifs is 1. The summed E-state index contributed by atoms with van der Waals surface area (Å²) in [5, 5.41) is 26.7. The molecule has 4 aromatic rings. The molecule has 0 spiro atoms. The summed E-state index contributed by atoms with van der Waals surface area (Å²) in [6, 6.07) is 29.0. The maximum atomic E-state index is 11.7. The van der Waals surface area contributed by atoms with Crippen molar-refractivity contribution < 1.29 is 19.7 Å². The van der Waals surface area contributed by atoms with Crippen molar-refractivity contribution in [3.05, 3.63) is 107 Å². The first-order chi connectivity index (χ1) is 19.6. The van der Waals surface area contributed by atoms with Crippen LogP contribution in [0.4, 0.5) is 0 Å². The summed E-state index contributed by atoms with van der Waals surface area (Å²) in [6.45, 7) is 9.57. The lowest BCUT2D eigenvalue weighted by Gasteiger charge is -2.49.